The van der Waals surface area contributed by atoms with Crippen LogP contribution in [0.15, 0.2) is 27.8 Å². The summed E-state index contributed by atoms with van der Waals surface area (Å²) in [5.74, 6) is 2.99. The van der Waals surface area contributed by atoms with Crippen molar-refractivity contribution >= 4 is 5.96 Å². The number of nitrogens with one attached hydrogen (secondary N) is 3. The summed E-state index contributed by atoms with van der Waals surface area (Å²) in [7, 11) is 0. The molecule has 2 aromatic heterocycles. The van der Waals surface area contributed by atoms with Crippen LogP contribution < -0.4 is 10.6 Å². The van der Waals surface area contributed by atoms with Crippen LogP contribution in [0.1, 0.15) is 51.3 Å². The van der Waals surface area contributed by atoms with Crippen LogP contribution in [0.2, 0.25) is 0 Å². The van der Waals surface area contributed by atoms with Crippen LogP contribution in [0.25, 0.3) is 11.6 Å². The van der Waals surface area contributed by atoms with E-state index in [-0.39, 0.29) is 0 Å². The molecule has 1 saturated carbocycles. The van der Waals surface area contributed by atoms with Crippen molar-refractivity contribution < 1.29 is 4.42 Å². The Morgan fingerprint density at radius 2 is 2.10 bits per heavy atom. The molecule has 29 heavy (non-hydrogen) atoms. The van der Waals surface area contributed by atoms with E-state index in [1.54, 1.807) is 6.26 Å². The molecule has 2 aliphatic rings. The molecular weight excluding hydrogens is 366 g/mol. The lowest BCUT2D eigenvalue weighted by molar-refractivity contribution is 0.150. The summed E-state index contributed by atoms with van der Waals surface area (Å²) in [4.78, 5) is 11.9. The molecule has 2 fully saturated rings. The molecule has 1 aliphatic carbocycles. The van der Waals surface area contributed by atoms with E-state index in [1.165, 1.54) is 51.6 Å². The monoisotopic (exact) mass is 399 g/mol. The quantitative estimate of drug-likeness (QED) is 0.489. The van der Waals surface area contributed by atoms with Gasteiger partial charge < -0.3 is 20.0 Å². The number of guanidine groups is 1. The minimum atomic E-state index is 0.501. The number of likely N-dealkylation sites (tertiary alicyclic amines) is 1. The van der Waals surface area contributed by atoms with Crippen molar-refractivity contribution in [2.45, 2.75) is 64.0 Å². The van der Waals surface area contributed by atoms with Crippen molar-refractivity contribution in [1.82, 2.24) is 30.7 Å². The van der Waals surface area contributed by atoms with Gasteiger partial charge in [-0.2, -0.15) is 5.10 Å². The van der Waals surface area contributed by atoms with E-state index < -0.39 is 0 Å². The lowest BCUT2D eigenvalue weighted by Crippen LogP contribution is -2.50. The van der Waals surface area contributed by atoms with Gasteiger partial charge in [0.05, 0.1) is 6.26 Å². The lowest BCUT2D eigenvalue weighted by Gasteiger charge is -2.36. The van der Waals surface area contributed by atoms with Crippen LogP contribution in [0.3, 0.4) is 0 Å². The molecule has 3 heterocycles. The first-order valence-electron chi connectivity index (χ1n) is 11.1. The summed E-state index contributed by atoms with van der Waals surface area (Å²) in [6, 6.07) is 5.03. The molecular formula is C21H33N7O. The summed E-state index contributed by atoms with van der Waals surface area (Å²) >= 11 is 0. The van der Waals surface area contributed by atoms with Crippen LogP contribution in [-0.2, 0) is 6.42 Å². The Hall–Kier alpha value is -2.35. The first-order valence-corrected chi connectivity index (χ1v) is 11.1. The molecule has 1 aliphatic heterocycles. The Morgan fingerprint density at radius 3 is 2.83 bits per heavy atom. The highest BCUT2D eigenvalue weighted by molar-refractivity contribution is 5.80. The maximum absolute atomic E-state index is 5.34. The van der Waals surface area contributed by atoms with Gasteiger partial charge in [0.25, 0.3) is 0 Å². The summed E-state index contributed by atoms with van der Waals surface area (Å²) in [5, 5.41) is 14.2. The molecule has 1 saturated heterocycles. The molecule has 0 bridgehead atoms. The van der Waals surface area contributed by atoms with Gasteiger partial charge in [-0.25, -0.2) is 4.98 Å². The zero-order valence-corrected chi connectivity index (χ0v) is 17.4. The zero-order chi connectivity index (χ0) is 19.9. The van der Waals surface area contributed by atoms with Crippen LogP contribution >= 0.6 is 0 Å². The fraction of sp³-hybridized carbons (Fsp3) is 0.667. The topological polar surface area (TPSA) is 94.4 Å². The number of H-pyrrole nitrogens is 1. The van der Waals surface area contributed by atoms with Crippen molar-refractivity contribution in [3.63, 3.8) is 0 Å². The number of rotatable bonds is 7. The molecule has 3 N–H and O–H groups in total. The Bertz CT molecular complexity index is 756. The van der Waals surface area contributed by atoms with Gasteiger partial charge in [-0.05, 0) is 44.7 Å². The number of aromatic amines is 1. The number of piperidine rings is 1. The molecule has 0 aromatic carbocycles. The van der Waals surface area contributed by atoms with E-state index in [0.29, 0.717) is 30.6 Å². The smallest absolute Gasteiger partial charge is 0.216 e. The first kappa shape index (κ1) is 19.9. The van der Waals surface area contributed by atoms with Crippen LogP contribution in [-0.4, -0.2) is 64.3 Å². The SMILES string of the molecule is CCNC(=NCCc1nc(-c2ccco2)n[nH]1)NC1CCN(C2CCCC2)CC1. The lowest BCUT2D eigenvalue weighted by atomic mass is 10.0. The minimum Gasteiger partial charge on any atom is -0.461 e. The van der Waals surface area contributed by atoms with Gasteiger partial charge in [0.2, 0.25) is 5.82 Å². The zero-order valence-electron chi connectivity index (χ0n) is 17.4. The number of aliphatic imine (C=N–C) groups is 1. The number of hydrogen-bond donors (Lipinski definition) is 3. The third-order valence-corrected chi connectivity index (χ3v) is 5.95. The second-order valence-corrected chi connectivity index (χ2v) is 7.99. The van der Waals surface area contributed by atoms with Crippen molar-refractivity contribution in [1.29, 1.82) is 0 Å². The van der Waals surface area contributed by atoms with Gasteiger partial charge in [-0.15, -0.1) is 0 Å². The predicted molar refractivity (Wildman–Crippen MR) is 114 cm³/mol. The molecule has 0 amide bonds. The maximum Gasteiger partial charge on any atom is 0.216 e. The standard InChI is InChI=1S/C21H33N7O/c1-2-22-21(24-16-10-13-28(14-11-16)17-6-3-4-7-17)23-12-9-19-25-20(27-26-19)18-8-5-15-29-18/h5,8,15-17H,2-4,6-7,9-14H2,1H3,(H2,22,23,24)(H,25,26,27). The summed E-state index contributed by atoms with van der Waals surface area (Å²) in [5.41, 5.74) is 0. The highest BCUT2D eigenvalue weighted by Crippen LogP contribution is 2.26. The van der Waals surface area contributed by atoms with Gasteiger partial charge in [-0.1, -0.05) is 12.8 Å². The van der Waals surface area contributed by atoms with E-state index in [1.807, 2.05) is 12.1 Å². The Balaban J connectivity index is 1.25. The number of furan rings is 1. The fourth-order valence-corrected chi connectivity index (χ4v) is 4.39. The molecule has 0 spiro atoms. The van der Waals surface area contributed by atoms with Crippen LogP contribution in [0, 0.1) is 0 Å². The van der Waals surface area contributed by atoms with E-state index in [2.05, 4.69) is 37.6 Å². The summed E-state index contributed by atoms with van der Waals surface area (Å²) in [6.07, 6.45) is 10.3. The third-order valence-electron chi connectivity index (χ3n) is 5.95. The van der Waals surface area contributed by atoms with E-state index in [9.17, 15) is 0 Å². The Labute approximate surface area is 172 Å². The Kier molecular flexibility index (Phi) is 6.82. The largest absolute Gasteiger partial charge is 0.461 e. The normalized spacial score (nSPS) is 19.7. The highest BCUT2D eigenvalue weighted by Gasteiger charge is 2.27. The van der Waals surface area contributed by atoms with Crippen molar-refractivity contribution in [3.05, 3.63) is 24.2 Å². The van der Waals surface area contributed by atoms with E-state index in [0.717, 1.165) is 24.4 Å². The number of hydrogen-bond acceptors (Lipinski definition) is 5. The average molecular weight is 400 g/mol. The average Bonchev–Trinajstić information content (AvgIpc) is 3.50. The molecule has 2 aromatic rings. The second-order valence-electron chi connectivity index (χ2n) is 7.99. The molecule has 158 valence electrons. The van der Waals surface area contributed by atoms with Gasteiger partial charge in [-0.3, -0.25) is 10.1 Å². The summed E-state index contributed by atoms with van der Waals surface area (Å²) in [6.45, 7) is 6.03. The molecule has 0 unspecified atom stereocenters. The summed E-state index contributed by atoms with van der Waals surface area (Å²) < 4.78 is 5.34. The van der Waals surface area contributed by atoms with Crippen LogP contribution in [0.4, 0.5) is 0 Å². The third kappa shape index (κ3) is 5.38. The molecule has 0 radical (unpaired) electrons. The number of aromatic nitrogens is 3. The Morgan fingerprint density at radius 1 is 1.28 bits per heavy atom. The van der Waals surface area contributed by atoms with Gasteiger partial charge in [0.1, 0.15) is 5.82 Å². The van der Waals surface area contributed by atoms with E-state index >= 15 is 0 Å². The molecule has 8 nitrogen and oxygen atoms in total. The molecule has 4 rings (SSSR count). The fourth-order valence-electron chi connectivity index (χ4n) is 4.39. The van der Waals surface area contributed by atoms with Crippen molar-refractivity contribution in [2.24, 2.45) is 4.99 Å². The van der Waals surface area contributed by atoms with Gasteiger partial charge in [0.15, 0.2) is 11.7 Å². The van der Waals surface area contributed by atoms with Gasteiger partial charge >= 0.3 is 0 Å². The number of nitrogens with zero attached hydrogens (tertiary/aromatic N) is 4. The van der Waals surface area contributed by atoms with E-state index in [4.69, 9.17) is 9.41 Å². The van der Waals surface area contributed by atoms with Crippen molar-refractivity contribution in [3.8, 4) is 11.6 Å². The minimum absolute atomic E-state index is 0.501. The highest BCUT2D eigenvalue weighted by atomic mass is 16.3. The predicted octanol–water partition coefficient (Wildman–Crippen LogP) is 2.57. The van der Waals surface area contributed by atoms with Crippen molar-refractivity contribution in [2.75, 3.05) is 26.2 Å². The molecule has 0 atom stereocenters. The van der Waals surface area contributed by atoms with Gasteiger partial charge in [0, 0.05) is 44.7 Å². The second kappa shape index (κ2) is 9.91. The van der Waals surface area contributed by atoms with Crippen LogP contribution in [0.5, 0.6) is 0 Å². The molecule has 8 heteroatoms. The first-order chi connectivity index (χ1) is 14.3. The maximum atomic E-state index is 5.34.